The number of ketones is 1. The van der Waals surface area contributed by atoms with E-state index in [1.54, 1.807) is 11.0 Å². The largest absolute Gasteiger partial charge is 0.465 e. The van der Waals surface area contributed by atoms with E-state index in [0.29, 0.717) is 47.2 Å². The van der Waals surface area contributed by atoms with E-state index in [-0.39, 0.29) is 48.2 Å². The number of hydrogen-bond donors (Lipinski definition) is 1. The van der Waals surface area contributed by atoms with Crippen LogP contribution in [-0.2, 0) is 25.6 Å². The van der Waals surface area contributed by atoms with Gasteiger partial charge in [0.1, 0.15) is 11.9 Å². The zero-order chi connectivity index (χ0) is 32.4. The number of ether oxygens (including phenoxy) is 1. The number of carbonyl (C=O) groups excluding carboxylic acids is 3. The molecule has 2 aliphatic heterocycles. The van der Waals surface area contributed by atoms with Crippen LogP contribution in [0, 0.1) is 29.0 Å². The zero-order valence-electron chi connectivity index (χ0n) is 26.6. The van der Waals surface area contributed by atoms with Crippen LogP contribution < -0.4 is 10.2 Å². The molecule has 10 heteroatoms. The Morgan fingerprint density at radius 3 is 2.77 bits per heavy atom. The highest BCUT2D eigenvalue weighted by Gasteiger charge is 2.61. The molecule has 8 nitrogen and oxygen atoms in total. The minimum atomic E-state index is -0.883. The molecule has 0 bridgehead atoms. The van der Waals surface area contributed by atoms with Gasteiger partial charge < -0.3 is 9.64 Å². The van der Waals surface area contributed by atoms with Gasteiger partial charge in [-0.1, -0.05) is 66.7 Å². The fraction of sp³-hybridized carbons (Fsp3) is 0.514. The van der Waals surface area contributed by atoms with Crippen molar-refractivity contribution in [3.63, 3.8) is 0 Å². The molecule has 5 atom stereocenters. The third kappa shape index (κ3) is 7.44. The molecule has 1 aromatic heterocycles. The summed E-state index contributed by atoms with van der Waals surface area (Å²) in [7, 11) is 0. The molecule has 1 N–H and O–H groups in total. The monoisotopic (exact) mass is 659 g/mol. The van der Waals surface area contributed by atoms with Gasteiger partial charge in [-0.25, -0.2) is 14.9 Å². The van der Waals surface area contributed by atoms with Gasteiger partial charge in [0, 0.05) is 18.8 Å². The van der Waals surface area contributed by atoms with Gasteiger partial charge in [-0.2, -0.15) is 0 Å². The van der Waals surface area contributed by atoms with Gasteiger partial charge in [0.2, 0.25) is 5.91 Å². The van der Waals surface area contributed by atoms with Crippen molar-refractivity contribution < 1.29 is 28.3 Å². The highest BCUT2D eigenvalue weighted by atomic mass is 32.1. The molecule has 4 aliphatic rings. The van der Waals surface area contributed by atoms with Crippen LogP contribution in [0.25, 0.3) is 10.2 Å². The first-order valence-electron chi connectivity index (χ1n) is 17.1. The van der Waals surface area contributed by atoms with E-state index in [2.05, 4.69) is 22.6 Å². The first-order valence-corrected chi connectivity index (χ1v) is 17.9. The molecule has 0 spiro atoms. The summed E-state index contributed by atoms with van der Waals surface area (Å²) in [6.07, 6.45) is 12.1. The number of aromatic nitrogens is 1. The van der Waals surface area contributed by atoms with Gasteiger partial charge in [-0.05, 0) is 80.5 Å². The van der Waals surface area contributed by atoms with Gasteiger partial charge in [0.15, 0.2) is 5.78 Å². The summed E-state index contributed by atoms with van der Waals surface area (Å²) in [5.41, 5.74) is 3.51. The molecule has 3 fully saturated rings. The maximum absolute atomic E-state index is 14.5. The fourth-order valence-electron chi connectivity index (χ4n) is 7.21. The van der Waals surface area contributed by atoms with Crippen LogP contribution in [0.5, 0.6) is 5.19 Å². The van der Waals surface area contributed by atoms with Crippen LogP contribution in [0.2, 0.25) is 0 Å². The zero-order valence-corrected chi connectivity index (χ0v) is 27.4. The van der Waals surface area contributed by atoms with E-state index in [4.69, 9.17) is 9.57 Å². The first kappa shape index (κ1) is 31.9. The van der Waals surface area contributed by atoms with Gasteiger partial charge in [-0.15, -0.1) is 0 Å². The summed E-state index contributed by atoms with van der Waals surface area (Å²) in [6.45, 7) is 0.735. The Morgan fingerprint density at radius 1 is 1.09 bits per heavy atom. The third-order valence-electron chi connectivity index (χ3n) is 10.2. The van der Waals surface area contributed by atoms with Crippen molar-refractivity contribution in [2.75, 3.05) is 13.2 Å². The number of allylic oxidation sites excluding steroid dienone is 2. The van der Waals surface area contributed by atoms with E-state index in [9.17, 15) is 18.8 Å². The molecule has 3 aromatic rings. The number of fused-ring (bicyclic) bond motifs is 3. The Balaban J connectivity index is 1.15. The maximum atomic E-state index is 14.5. The quantitative estimate of drug-likeness (QED) is 0.217. The number of thiazole rings is 1. The number of benzene rings is 2. The van der Waals surface area contributed by atoms with Crippen LogP contribution in [0.15, 0.2) is 60.7 Å². The average Bonchev–Trinajstić information content (AvgIpc) is 3.93. The lowest BCUT2D eigenvalue weighted by Gasteiger charge is -2.29. The number of hydroxylamine groups is 1. The van der Waals surface area contributed by atoms with Crippen molar-refractivity contribution in [1.29, 1.82) is 0 Å². The van der Waals surface area contributed by atoms with Crippen LogP contribution in [0.4, 0.5) is 4.39 Å². The molecule has 248 valence electrons. The second kappa shape index (κ2) is 13.8. The smallest absolute Gasteiger partial charge is 0.274 e. The van der Waals surface area contributed by atoms with E-state index < -0.39 is 17.6 Å². The summed E-state index contributed by atoms with van der Waals surface area (Å²) in [5.74, 6) is -0.603. The lowest BCUT2D eigenvalue weighted by Crippen LogP contribution is -2.46. The maximum Gasteiger partial charge on any atom is 0.274 e. The standard InChI is InChI=1S/C37H42FN3O5S/c38-28-15-16-30-33(18-28)47-36(39-30)46-29-19-31-32(42)21-37(35(44)40-45-23-25-13-14-25)20-27(37)12-8-3-1-2-7-11-26(34(43)41(31)22-29)17-24-9-5-4-6-10-24/h4-6,8-10,12,15-16,18,25-27,29,31H,1-3,7,11,13-14,17,19-23H2,(H,40,44)/b12-8-/t26-,27-,29-,31+,37-/m1/s1. The van der Waals surface area contributed by atoms with Crippen molar-refractivity contribution >= 4 is 39.2 Å². The second-order valence-electron chi connectivity index (χ2n) is 13.8. The second-order valence-corrected chi connectivity index (χ2v) is 14.8. The van der Waals surface area contributed by atoms with Crippen LogP contribution in [-0.4, -0.2) is 52.8 Å². The van der Waals surface area contributed by atoms with Crippen molar-refractivity contribution in [1.82, 2.24) is 15.4 Å². The Kier molecular flexibility index (Phi) is 9.41. The molecule has 2 aliphatic carbocycles. The summed E-state index contributed by atoms with van der Waals surface area (Å²) in [4.78, 5) is 54.2. The number of carbonyl (C=O) groups is 3. The van der Waals surface area contributed by atoms with Crippen LogP contribution in [0.1, 0.15) is 69.8 Å². The minimum Gasteiger partial charge on any atom is -0.465 e. The summed E-state index contributed by atoms with van der Waals surface area (Å²) in [6, 6.07) is 13.7. The van der Waals surface area contributed by atoms with Crippen molar-refractivity contribution in [3.05, 3.63) is 72.1 Å². The van der Waals surface area contributed by atoms with Gasteiger partial charge in [-0.3, -0.25) is 19.2 Å². The molecule has 2 aromatic carbocycles. The highest BCUT2D eigenvalue weighted by Crippen LogP contribution is 2.57. The van der Waals surface area contributed by atoms with Crippen LogP contribution >= 0.6 is 11.3 Å². The van der Waals surface area contributed by atoms with Gasteiger partial charge in [0.05, 0.1) is 34.8 Å². The topological polar surface area (TPSA) is 97.8 Å². The number of hydrogen-bond acceptors (Lipinski definition) is 7. The SMILES string of the molecule is O=C1C[C@]2(C(=O)NOCC3CC3)C[C@H]2/C=C\CCCCC[C@H](Cc2ccccc2)C(=O)N2C[C@H](Oc3nc4ccc(F)cc4s3)C[C@@H]12. The summed E-state index contributed by atoms with van der Waals surface area (Å²) >= 11 is 1.25. The number of rotatable bonds is 8. The van der Waals surface area contributed by atoms with Crippen LogP contribution in [0.3, 0.4) is 0 Å². The molecular weight excluding hydrogens is 617 g/mol. The highest BCUT2D eigenvalue weighted by molar-refractivity contribution is 7.20. The summed E-state index contributed by atoms with van der Waals surface area (Å²) in [5, 5.41) is 0.384. The molecule has 3 heterocycles. The average molecular weight is 660 g/mol. The van der Waals surface area contributed by atoms with Gasteiger partial charge >= 0.3 is 0 Å². The molecule has 1 saturated heterocycles. The first-order chi connectivity index (χ1) is 22.9. The minimum absolute atomic E-state index is 0.0333. The molecule has 2 saturated carbocycles. The normalized spacial score (nSPS) is 29.0. The molecule has 0 unspecified atom stereocenters. The molecule has 2 amide bonds. The third-order valence-corrected chi connectivity index (χ3v) is 11.1. The number of amides is 2. The number of Topliss-reactive ketones (excluding diaryl/α,β-unsaturated/α-hetero) is 1. The Morgan fingerprint density at radius 2 is 1.94 bits per heavy atom. The van der Waals surface area contributed by atoms with E-state index in [1.807, 2.05) is 30.3 Å². The number of nitrogens with one attached hydrogen (secondary N) is 1. The van der Waals surface area contributed by atoms with Crippen molar-refractivity contribution in [2.24, 2.45) is 23.2 Å². The lowest BCUT2D eigenvalue weighted by molar-refractivity contribution is -0.145. The summed E-state index contributed by atoms with van der Waals surface area (Å²) < 4.78 is 20.8. The van der Waals surface area contributed by atoms with Gasteiger partial charge in [0.25, 0.3) is 11.1 Å². The van der Waals surface area contributed by atoms with E-state index in [1.165, 1.54) is 23.5 Å². The number of nitrogens with zero attached hydrogens (tertiary/aromatic N) is 2. The van der Waals surface area contributed by atoms with Crippen molar-refractivity contribution in [2.45, 2.75) is 82.8 Å². The van der Waals surface area contributed by atoms with E-state index >= 15 is 0 Å². The Labute approximate surface area is 278 Å². The Bertz CT molecular complexity index is 1640. The predicted octanol–water partition coefficient (Wildman–Crippen LogP) is 6.59. The molecule has 47 heavy (non-hydrogen) atoms. The lowest BCUT2D eigenvalue weighted by atomic mass is 9.90. The Hall–Kier alpha value is -3.63. The molecule has 7 rings (SSSR count). The fourth-order valence-corrected chi connectivity index (χ4v) is 8.11. The van der Waals surface area contributed by atoms with E-state index in [0.717, 1.165) is 50.5 Å². The number of halogens is 1. The molecular formula is C37H42FN3O5S. The predicted molar refractivity (Wildman–Crippen MR) is 177 cm³/mol. The van der Waals surface area contributed by atoms with Crippen molar-refractivity contribution in [3.8, 4) is 5.19 Å². The molecule has 0 radical (unpaired) electrons.